The van der Waals surface area contributed by atoms with Crippen molar-refractivity contribution in [1.82, 2.24) is 20.9 Å². The van der Waals surface area contributed by atoms with Gasteiger partial charge in [0.05, 0.1) is 24.8 Å². The molecule has 9 unspecified atom stereocenters. The van der Waals surface area contributed by atoms with Gasteiger partial charge in [-0.3, -0.25) is 4.79 Å². The molecule has 0 aromatic carbocycles. The van der Waals surface area contributed by atoms with E-state index in [9.17, 15) is 39.6 Å². The third-order valence-corrected chi connectivity index (χ3v) is 7.45. The molecule has 0 aromatic rings. The Labute approximate surface area is 288 Å². The number of carbonyl (C=O) groups is 4. The predicted octanol–water partition coefficient (Wildman–Crippen LogP) is 0.884. The molecule has 1 aliphatic carbocycles. The van der Waals surface area contributed by atoms with Crippen LogP contribution in [0.25, 0.3) is 0 Å². The minimum absolute atomic E-state index is 0.0113. The molecule has 17 nitrogen and oxygen atoms in total. The molecule has 0 radical (unpaired) electrons. The van der Waals surface area contributed by atoms with E-state index in [0.717, 1.165) is 4.90 Å². The Hall–Kier alpha value is -2.96. The molecule has 49 heavy (non-hydrogen) atoms. The summed E-state index contributed by atoms with van der Waals surface area (Å²) < 4.78 is 27.6. The summed E-state index contributed by atoms with van der Waals surface area (Å²) in [6, 6.07) is -3.02. The Kier molecular flexibility index (Phi) is 14.1. The molecule has 2 rings (SSSR count). The number of likely N-dealkylation sites (N-methyl/N-ethyl adjacent to an activating group) is 1. The van der Waals surface area contributed by atoms with E-state index in [1.807, 2.05) is 0 Å². The molecule has 7 N–H and O–H groups in total. The number of ether oxygens (including phenoxy) is 5. The van der Waals surface area contributed by atoms with Crippen LogP contribution in [0.4, 0.5) is 14.4 Å². The molecular weight excluding hydrogens is 648 g/mol. The Morgan fingerprint density at radius 2 is 1.45 bits per heavy atom. The Bertz CT molecular complexity index is 1150. The number of hydrogen-bond donors (Lipinski definition) is 7. The van der Waals surface area contributed by atoms with Crippen molar-refractivity contribution < 1.29 is 63.3 Å². The van der Waals surface area contributed by atoms with Crippen LogP contribution in [0.3, 0.4) is 0 Å². The fourth-order valence-electron chi connectivity index (χ4n) is 5.50. The quantitative estimate of drug-likeness (QED) is 0.165. The third-order valence-electron chi connectivity index (χ3n) is 7.45. The Morgan fingerprint density at radius 3 is 2.00 bits per heavy atom. The van der Waals surface area contributed by atoms with Crippen molar-refractivity contribution in [2.24, 2.45) is 0 Å². The van der Waals surface area contributed by atoms with Gasteiger partial charge in [-0.05, 0) is 88.5 Å². The highest BCUT2D eigenvalue weighted by atomic mass is 16.7. The molecule has 4 amide bonds. The number of hydrogen-bond acceptors (Lipinski definition) is 13. The van der Waals surface area contributed by atoms with E-state index in [-0.39, 0.29) is 32.4 Å². The average molecular weight is 707 g/mol. The lowest BCUT2D eigenvalue weighted by Gasteiger charge is -2.49. The fraction of sp³-hybridized carbons (Fsp3) is 0.875. The van der Waals surface area contributed by atoms with Crippen LogP contribution in [0.5, 0.6) is 0 Å². The van der Waals surface area contributed by atoms with Crippen LogP contribution in [0.15, 0.2) is 0 Å². The zero-order chi connectivity index (χ0) is 37.7. The van der Waals surface area contributed by atoms with Crippen LogP contribution >= 0.6 is 0 Å². The van der Waals surface area contributed by atoms with Crippen LogP contribution in [0, 0.1) is 0 Å². The van der Waals surface area contributed by atoms with Crippen molar-refractivity contribution in [2.75, 3.05) is 20.2 Å². The molecule has 1 aliphatic heterocycles. The molecule has 0 bridgehead atoms. The van der Waals surface area contributed by atoms with Crippen molar-refractivity contribution in [2.45, 2.75) is 160 Å². The van der Waals surface area contributed by atoms with Gasteiger partial charge < -0.3 is 65.0 Å². The van der Waals surface area contributed by atoms with E-state index in [1.54, 1.807) is 62.3 Å². The predicted molar refractivity (Wildman–Crippen MR) is 174 cm³/mol. The second kappa shape index (κ2) is 16.4. The van der Waals surface area contributed by atoms with E-state index < -0.39 is 95.4 Å². The van der Waals surface area contributed by atoms with Crippen LogP contribution < -0.4 is 16.0 Å². The summed E-state index contributed by atoms with van der Waals surface area (Å²) in [5.41, 5.74) is -4.13. The topological polar surface area (TPSA) is 235 Å². The monoisotopic (exact) mass is 706 g/mol. The highest BCUT2D eigenvalue weighted by Crippen LogP contribution is 2.32. The van der Waals surface area contributed by atoms with Crippen LogP contribution in [0.1, 0.15) is 88.5 Å². The standard InChI is InChI=1S/C32H58N4O13/c1-29(2,3)47-26(41)33-13-12-19(37)24(40)35-18-14-17(34-27(42)48-30(4,5)6)15-20(38)22(18)46-25-21(39)23(32(10,44)16-45-25)36(11)28(43)49-31(7,8)9/h17-23,25,37-39,44H,12-16H2,1-11H3,(H,33,41)(H,34,42)(H,35,40). The SMILES string of the molecule is CN(C(=O)OC(C)(C)C)C1C(O)C(OC2C(O)CC(NC(=O)OC(C)(C)C)CC2NC(=O)C(O)CCNC(=O)OC(C)(C)C)OCC1(C)O. The summed E-state index contributed by atoms with van der Waals surface area (Å²) in [6.07, 6.45) is -9.81. The molecule has 2 aliphatic rings. The summed E-state index contributed by atoms with van der Waals surface area (Å²) in [4.78, 5) is 51.5. The largest absolute Gasteiger partial charge is 0.444 e. The normalized spacial score (nSPS) is 30.0. The van der Waals surface area contributed by atoms with Crippen LogP contribution in [0.2, 0.25) is 0 Å². The zero-order valence-corrected chi connectivity index (χ0v) is 30.6. The second-order valence-electron chi connectivity index (χ2n) is 15.9. The summed E-state index contributed by atoms with van der Waals surface area (Å²) in [7, 11) is 1.35. The molecule has 0 spiro atoms. The third kappa shape index (κ3) is 13.7. The molecule has 0 aromatic heterocycles. The van der Waals surface area contributed by atoms with Gasteiger partial charge >= 0.3 is 18.3 Å². The van der Waals surface area contributed by atoms with Gasteiger partial charge in [-0.25, -0.2) is 14.4 Å². The first kappa shape index (κ1) is 42.2. The first-order chi connectivity index (χ1) is 22.2. The number of aliphatic hydroxyl groups is 4. The number of rotatable bonds is 9. The van der Waals surface area contributed by atoms with Crippen molar-refractivity contribution >= 4 is 24.2 Å². The summed E-state index contributed by atoms with van der Waals surface area (Å²) in [5.74, 6) is -0.856. The molecule has 1 saturated carbocycles. The minimum Gasteiger partial charge on any atom is -0.444 e. The molecule has 284 valence electrons. The fourth-order valence-corrected chi connectivity index (χ4v) is 5.50. The van der Waals surface area contributed by atoms with Gasteiger partial charge in [0.25, 0.3) is 0 Å². The van der Waals surface area contributed by atoms with Gasteiger partial charge in [-0.15, -0.1) is 0 Å². The zero-order valence-electron chi connectivity index (χ0n) is 30.6. The van der Waals surface area contributed by atoms with Crippen LogP contribution in [-0.4, -0.2) is 141 Å². The van der Waals surface area contributed by atoms with E-state index in [2.05, 4.69) is 16.0 Å². The summed E-state index contributed by atoms with van der Waals surface area (Å²) in [6.45, 7) is 16.1. The van der Waals surface area contributed by atoms with E-state index in [1.165, 1.54) is 14.0 Å². The number of carbonyl (C=O) groups excluding carboxylic acids is 4. The molecule has 9 atom stereocenters. The van der Waals surface area contributed by atoms with Gasteiger partial charge in [-0.2, -0.15) is 0 Å². The van der Waals surface area contributed by atoms with Gasteiger partial charge in [0.2, 0.25) is 5.91 Å². The van der Waals surface area contributed by atoms with E-state index in [4.69, 9.17) is 23.7 Å². The van der Waals surface area contributed by atoms with Gasteiger partial charge in [0.15, 0.2) is 6.29 Å². The maximum atomic E-state index is 13.1. The van der Waals surface area contributed by atoms with E-state index in [0.29, 0.717) is 0 Å². The molecule has 1 saturated heterocycles. The number of aliphatic hydroxyl groups excluding tert-OH is 3. The first-order valence-corrected chi connectivity index (χ1v) is 16.5. The van der Waals surface area contributed by atoms with Crippen molar-refractivity contribution in [1.29, 1.82) is 0 Å². The Morgan fingerprint density at radius 1 is 0.898 bits per heavy atom. The minimum atomic E-state index is -1.73. The molecule has 2 fully saturated rings. The number of alkyl carbamates (subject to hydrolysis) is 2. The van der Waals surface area contributed by atoms with Gasteiger partial charge in [0, 0.05) is 19.6 Å². The van der Waals surface area contributed by atoms with Crippen molar-refractivity contribution in [3.63, 3.8) is 0 Å². The maximum Gasteiger partial charge on any atom is 0.410 e. The smallest absolute Gasteiger partial charge is 0.410 e. The average Bonchev–Trinajstić information content (AvgIpc) is 2.88. The Balaban J connectivity index is 2.24. The van der Waals surface area contributed by atoms with E-state index >= 15 is 0 Å². The number of amides is 4. The highest BCUT2D eigenvalue weighted by Gasteiger charge is 2.52. The molecule has 17 heteroatoms. The lowest BCUT2D eigenvalue weighted by Crippen LogP contribution is -2.68. The first-order valence-electron chi connectivity index (χ1n) is 16.5. The van der Waals surface area contributed by atoms with Gasteiger partial charge in [-0.1, -0.05) is 0 Å². The lowest BCUT2D eigenvalue weighted by molar-refractivity contribution is -0.301. The lowest BCUT2D eigenvalue weighted by atomic mass is 9.85. The van der Waals surface area contributed by atoms with Crippen molar-refractivity contribution in [3.05, 3.63) is 0 Å². The van der Waals surface area contributed by atoms with Crippen molar-refractivity contribution in [3.8, 4) is 0 Å². The number of nitrogens with one attached hydrogen (secondary N) is 3. The maximum absolute atomic E-state index is 13.1. The summed E-state index contributed by atoms with van der Waals surface area (Å²) in [5, 5.41) is 52.1. The van der Waals surface area contributed by atoms with Gasteiger partial charge in [0.1, 0.15) is 40.7 Å². The number of nitrogens with zero attached hydrogens (tertiary/aromatic N) is 1. The highest BCUT2D eigenvalue weighted by molar-refractivity contribution is 5.81. The molecule has 1 heterocycles. The summed E-state index contributed by atoms with van der Waals surface area (Å²) >= 11 is 0. The second-order valence-corrected chi connectivity index (χ2v) is 15.9. The molecular formula is C32H58N4O13. The van der Waals surface area contributed by atoms with Crippen LogP contribution in [-0.2, 0) is 28.5 Å².